The number of aryl methyl sites for hydroxylation is 1. The molecule has 1 aromatic heterocycles. The molecule has 1 saturated carbocycles. The van der Waals surface area contributed by atoms with Gasteiger partial charge in [0.1, 0.15) is 0 Å². The second kappa shape index (κ2) is 6.07. The van der Waals surface area contributed by atoms with Gasteiger partial charge >= 0.3 is 0 Å². The summed E-state index contributed by atoms with van der Waals surface area (Å²) in [5.41, 5.74) is 0.903. The van der Waals surface area contributed by atoms with Gasteiger partial charge in [0.25, 0.3) is 0 Å². The van der Waals surface area contributed by atoms with Gasteiger partial charge in [0.2, 0.25) is 16.0 Å². The van der Waals surface area contributed by atoms with Crippen molar-refractivity contribution < 1.29 is 8.42 Å². The van der Waals surface area contributed by atoms with Gasteiger partial charge in [0.15, 0.2) is 0 Å². The second-order valence-electron chi connectivity index (χ2n) is 7.18. The smallest absolute Gasteiger partial charge is 0.243 e. The van der Waals surface area contributed by atoms with Crippen molar-refractivity contribution in [2.45, 2.75) is 37.1 Å². The minimum atomic E-state index is -3.40. The Bertz CT molecular complexity index is 864. The van der Waals surface area contributed by atoms with Crippen LogP contribution in [0.1, 0.15) is 24.8 Å². The molecular weight excluding hydrogens is 336 g/mol. The predicted octanol–water partition coefficient (Wildman–Crippen LogP) is 2.44. The summed E-state index contributed by atoms with van der Waals surface area (Å²) < 4.78 is 27.5. The second-order valence-corrected chi connectivity index (χ2v) is 9.08. The number of hydrogen-bond donors (Lipinski definition) is 1. The molecule has 0 amide bonds. The molecule has 1 saturated heterocycles. The lowest BCUT2D eigenvalue weighted by atomic mass is 9.65. The summed E-state index contributed by atoms with van der Waals surface area (Å²) in [6, 6.07) is 9.32. The quantitative estimate of drug-likeness (QED) is 0.908. The molecule has 0 radical (unpaired) electrons. The summed E-state index contributed by atoms with van der Waals surface area (Å²) in [5.74, 6) is 0.643. The van der Waals surface area contributed by atoms with Crippen LogP contribution in [-0.2, 0) is 10.0 Å². The van der Waals surface area contributed by atoms with Crippen LogP contribution in [0.25, 0.3) is 0 Å². The Kier molecular flexibility index (Phi) is 4.00. The van der Waals surface area contributed by atoms with Gasteiger partial charge in [-0.05, 0) is 49.3 Å². The molecule has 0 atom stereocenters. The van der Waals surface area contributed by atoms with E-state index in [9.17, 15) is 8.42 Å². The van der Waals surface area contributed by atoms with Crippen molar-refractivity contribution >= 4 is 16.0 Å². The van der Waals surface area contributed by atoms with Gasteiger partial charge < -0.3 is 5.32 Å². The molecule has 4 rings (SSSR count). The van der Waals surface area contributed by atoms with E-state index in [4.69, 9.17) is 0 Å². The number of nitrogens with one attached hydrogen (secondary N) is 1. The number of sulfonamides is 1. The van der Waals surface area contributed by atoms with Crippen molar-refractivity contribution in [2.24, 2.45) is 5.41 Å². The third kappa shape index (κ3) is 3.02. The van der Waals surface area contributed by atoms with E-state index < -0.39 is 10.0 Å². The molecule has 0 bridgehead atoms. The monoisotopic (exact) mass is 358 g/mol. The fourth-order valence-corrected chi connectivity index (χ4v) is 5.84. The minimum Gasteiger partial charge on any atom is -0.351 e. The zero-order chi connectivity index (χ0) is 17.5. The number of nitrogens with zero attached hydrogens (tertiary/aromatic N) is 3. The lowest BCUT2D eigenvalue weighted by Crippen LogP contribution is -2.47. The largest absolute Gasteiger partial charge is 0.351 e. The first-order valence-corrected chi connectivity index (χ1v) is 10.0. The molecule has 2 heterocycles. The Morgan fingerprint density at radius 1 is 1.16 bits per heavy atom. The van der Waals surface area contributed by atoms with Gasteiger partial charge in [-0.1, -0.05) is 18.2 Å². The lowest BCUT2D eigenvalue weighted by Gasteiger charge is -2.45. The van der Waals surface area contributed by atoms with E-state index in [-0.39, 0.29) is 5.41 Å². The van der Waals surface area contributed by atoms with Gasteiger partial charge in [-0.3, -0.25) is 0 Å². The average molecular weight is 358 g/mol. The molecule has 1 aliphatic carbocycles. The van der Waals surface area contributed by atoms with Crippen molar-refractivity contribution in [1.29, 1.82) is 0 Å². The van der Waals surface area contributed by atoms with Gasteiger partial charge in [0, 0.05) is 31.5 Å². The SMILES string of the molecule is Cc1ccccc1S(=O)(=O)N1CCC2(CC(Nc3ncccn3)C2)C1. The molecular formula is C18H22N4O2S. The van der Waals surface area contributed by atoms with Crippen molar-refractivity contribution in [3.63, 3.8) is 0 Å². The first kappa shape index (κ1) is 16.5. The van der Waals surface area contributed by atoms with Crippen molar-refractivity contribution in [1.82, 2.24) is 14.3 Å². The van der Waals surface area contributed by atoms with Gasteiger partial charge in [0.05, 0.1) is 4.90 Å². The molecule has 1 N–H and O–H groups in total. The van der Waals surface area contributed by atoms with E-state index in [1.165, 1.54) is 0 Å². The predicted molar refractivity (Wildman–Crippen MR) is 95.7 cm³/mol. The maximum Gasteiger partial charge on any atom is 0.243 e. The molecule has 25 heavy (non-hydrogen) atoms. The molecule has 1 spiro atoms. The summed E-state index contributed by atoms with van der Waals surface area (Å²) in [6.07, 6.45) is 6.29. The summed E-state index contributed by atoms with van der Waals surface area (Å²) in [7, 11) is -3.40. The molecule has 7 heteroatoms. The number of hydrogen-bond acceptors (Lipinski definition) is 5. The molecule has 1 aliphatic heterocycles. The number of anilines is 1. The van der Waals surface area contributed by atoms with Gasteiger partial charge in [-0.2, -0.15) is 4.31 Å². The molecule has 132 valence electrons. The number of rotatable bonds is 4. The Hall–Kier alpha value is -1.99. The van der Waals surface area contributed by atoms with Crippen LogP contribution < -0.4 is 5.32 Å². The fraction of sp³-hybridized carbons (Fsp3) is 0.444. The van der Waals surface area contributed by atoms with E-state index >= 15 is 0 Å². The normalized spacial score (nSPS) is 26.5. The van der Waals surface area contributed by atoms with Crippen LogP contribution >= 0.6 is 0 Å². The van der Waals surface area contributed by atoms with Crippen LogP contribution in [-0.4, -0.2) is 41.8 Å². The Labute approximate surface area is 148 Å². The van der Waals surface area contributed by atoms with E-state index in [0.717, 1.165) is 24.8 Å². The molecule has 0 unspecified atom stereocenters. The molecule has 2 aliphatic rings. The highest BCUT2D eigenvalue weighted by molar-refractivity contribution is 7.89. The van der Waals surface area contributed by atoms with Crippen LogP contribution in [0, 0.1) is 12.3 Å². The number of aromatic nitrogens is 2. The van der Waals surface area contributed by atoms with Crippen LogP contribution in [0.4, 0.5) is 5.95 Å². The van der Waals surface area contributed by atoms with E-state index in [0.29, 0.717) is 30.0 Å². The van der Waals surface area contributed by atoms with E-state index in [1.807, 2.05) is 19.1 Å². The number of benzene rings is 1. The van der Waals surface area contributed by atoms with E-state index in [2.05, 4.69) is 15.3 Å². The highest BCUT2D eigenvalue weighted by Gasteiger charge is 2.51. The molecule has 2 fully saturated rings. The fourth-order valence-electron chi connectivity index (χ4n) is 4.06. The average Bonchev–Trinajstić information content (AvgIpc) is 3.02. The highest BCUT2D eigenvalue weighted by Crippen LogP contribution is 2.50. The molecule has 2 aromatic rings. The third-order valence-corrected chi connectivity index (χ3v) is 7.38. The van der Waals surface area contributed by atoms with Crippen LogP contribution in [0.15, 0.2) is 47.6 Å². The topological polar surface area (TPSA) is 75.2 Å². The zero-order valence-electron chi connectivity index (χ0n) is 14.2. The minimum absolute atomic E-state index is 0.0994. The first-order chi connectivity index (χ1) is 12.0. The van der Waals surface area contributed by atoms with Crippen LogP contribution in [0.5, 0.6) is 0 Å². The third-order valence-electron chi connectivity index (χ3n) is 5.37. The molecule has 6 nitrogen and oxygen atoms in total. The Morgan fingerprint density at radius 2 is 1.88 bits per heavy atom. The van der Waals surface area contributed by atoms with Crippen molar-refractivity contribution in [3.8, 4) is 0 Å². The standard InChI is InChI=1S/C18H22N4O2S/c1-14-5-2-3-6-16(14)25(23,24)22-10-7-18(13-22)11-15(12-18)21-17-19-8-4-9-20-17/h2-6,8-9,15H,7,10-13H2,1H3,(H,19,20,21). The first-order valence-electron chi connectivity index (χ1n) is 8.58. The maximum absolute atomic E-state index is 12.9. The lowest BCUT2D eigenvalue weighted by molar-refractivity contribution is 0.133. The van der Waals surface area contributed by atoms with Crippen LogP contribution in [0.3, 0.4) is 0 Å². The summed E-state index contributed by atoms with van der Waals surface area (Å²) in [6.45, 7) is 3.06. The van der Waals surface area contributed by atoms with Crippen molar-refractivity contribution in [2.75, 3.05) is 18.4 Å². The maximum atomic E-state index is 12.9. The highest BCUT2D eigenvalue weighted by atomic mass is 32.2. The van der Waals surface area contributed by atoms with Gasteiger partial charge in [-0.15, -0.1) is 0 Å². The Morgan fingerprint density at radius 3 is 2.60 bits per heavy atom. The summed E-state index contributed by atoms with van der Waals surface area (Å²) in [5, 5.41) is 3.33. The summed E-state index contributed by atoms with van der Waals surface area (Å²) in [4.78, 5) is 8.81. The van der Waals surface area contributed by atoms with E-state index in [1.54, 1.807) is 34.9 Å². The van der Waals surface area contributed by atoms with Gasteiger partial charge in [-0.25, -0.2) is 18.4 Å². The molecule has 1 aromatic carbocycles. The van der Waals surface area contributed by atoms with Crippen LogP contribution in [0.2, 0.25) is 0 Å². The summed E-state index contributed by atoms with van der Waals surface area (Å²) >= 11 is 0. The van der Waals surface area contributed by atoms with Crippen molar-refractivity contribution in [3.05, 3.63) is 48.3 Å². The zero-order valence-corrected chi connectivity index (χ0v) is 15.0. The Balaban J connectivity index is 1.42.